The Morgan fingerprint density at radius 2 is 1.85 bits per heavy atom. The zero-order valence-corrected chi connectivity index (χ0v) is 8.79. The highest BCUT2D eigenvalue weighted by atomic mass is 32.1. The molecule has 0 aliphatic heterocycles. The number of rotatable bonds is 2. The van der Waals surface area contributed by atoms with Gasteiger partial charge in [0.1, 0.15) is 0 Å². The molecule has 1 aromatic carbocycles. The second-order valence-electron chi connectivity index (χ2n) is 2.53. The first kappa shape index (κ1) is 12.2. The quantitative estimate of drug-likeness (QED) is 0.561. The maximum atomic E-state index is 8.67. The number of thiol groups is 1. The van der Waals surface area contributed by atoms with Crippen LogP contribution in [0.4, 0.5) is 0 Å². The molecule has 0 aliphatic rings. The van der Waals surface area contributed by atoms with Gasteiger partial charge in [0.2, 0.25) is 0 Å². The fourth-order valence-electron chi connectivity index (χ4n) is 0.908. The summed E-state index contributed by atoms with van der Waals surface area (Å²) in [5.74, 6) is 0. The number of hydrogen-bond donors (Lipinski definition) is 2. The predicted octanol–water partition coefficient (Wildman–Crippen LogP) is 2.07. The zero-order chi connectivity index (χ0) is 10.1. The molecule has 3 heteroatoms. The van der Waals surface area contributed by atoms with Gasteiger partial charge in [-0.05, 0) is 19.5 Å². The van der Waals surface area contributed by atoms with Gasteiger partial charge in [-0.15, -0.1) is 12.6 Å². The van der Waals surface area contributed by atoms with Crippen LogP contribution in [-0.2, 0) is 4.79 Å². The van der Waals surface area contributed by atoms with E-state index in [0.717, 1.165) is 0 Å². The van der Waals surface area contributed by atoms with Crippen molar-refractivity contribution < 1.29 is 4.79 Å². The second kappa shape index (κ2) is 7.83. The van der Waals surface area contributed by atoms with Crippen molar-refractivity contribution in [2.75, 3.05) is 7.05 Å². The Morgan fingerprint density at radius 3 is 2.23 bits per heavy atom. The largest absolute Gasteiger partial charge is 0.313 e. The lowest BCUT2D eigenvalue weighted by Crippen LogP contribution is -2.11. The van der Waals surface area contributed by atoms with Gasteiger partial charge in [-0.1, -0.05) is 30.3 Å². The second-order valence-corrected chi connectivity index (χ2v) is 2.74. The van der Waals surface area contributed by atoms with Crippen molar-refractivity contribution in [1.82, 2.24) is 5.32 Å². The van der Waals surface area contributed by atoms with Gasteiger partial charge in [-0.25, -0.2) is 0 Å². The van der Waals surface area contributed by atoms with E-state index in [1.54, 1.807) is 0 Å². The van der Waals surface area contributed by atoms with Gasteiger partial charge < -0.3 is 5.32 Å². The third kappa shape index (κ3) is 5.44. The summed E-state index contributed by atoms with van der Waals surface area (Å²) in [5, 5.41) is 3.18. The van der Waals surface area contributed by atoms with Crippen LogP contribution in [-0.4, -0.2) is 12.7 Å². The molecule has 0 aromatic heterocycles. The standard InChI is InChI=1S/C9H13N.CH2OS/c1-8(10-2)9-6-4-3-5-7-9;2-1-3/h3-8,10H,1-2H3;1H,(H,2,3). The van der Waals surface area contributed by atoms with E-state index in [1.165, 1.54) is 5.56 Å². The fourth-order valence-corrected chi connectivity index (χ4v) is 0.908. The summed E-state index contributed by atoms with van der Waals surface area (Å²) in [6.45, 7) is 2.15. The highest BCUT2D eigenvalue weighted by molar-refractivity contribution is 7.94. The van der Waals surface area contributed by atoms with Crippen molar-refractivity contribution >= 4 is 18.2 Å². The van der Waals surface area contributed by atoms with Crippen molar-refractivity contribution in [3.63, 3.8) is 0 Å². The highest BCUT2D eigenvalue weighted by Gasteiger charge is 1.97. The molecule has 13 heavy (non-hydrogen) atoms. The monoisotopic (exact) mass is 197 g/mol. The first-order chi connectivity index (χ1) is 6.26. The van der Waals surface area contributed by atoms with Crippen LogP contribution in [0.15, 0.2) is 30.3 Å². The Morgan fingerprint density at radius 1 is 1.38 bits per heavy atom. The summed E-state index contributed by atoms with van der Waals surface area (Å²) in [6, 6.07) is 10.9. The zero-order valence-electron chi connectivity index (χ0n) is 7.90. The van der Waals surface area contributed by atoms with Crippen LogP contribution >= 0.6 is 12.6 Å². The van der Waals surface area contributed by atoms with Gasteiger partial charge in [-0.3, -0.25) is 4.79 Å². The summed E-state index contributed by atoms with van der Waals surface area (Å²) in [4.78, 5) is 8.67. The van der Waals surface area contributed by atoms with E-state index >= 15 is 0 Å². The lowest BCUT2D eigenvalue weighted by molar-refractivity contribution is 0.570. The SMILES string of the molecule is CNC(C)c1ccccc1.O=CS. The van der Waals surface area contributed by atoms with E-state index in [9.17, 15) is 0 Å². The van der Waals surface area contributed by atoms with Gasteiger partial charge in [0.05, 0.1) is 0 Å². The molecule has 2 nitrogen and oxygen atoms in total. The lowest BCUT2D eigenvalue weighted by Gasteiger charge is -2.08. The van der Waals surface area contributed by atoms with Crippen LogP contribution in [0.5, 0.6) is 0 Å². The molecule has 1 aromatic rings. The topological polar surface area (TPSA) is 29.1 Å². The molecular weight excluding hydrogens is 182 g/mol. The molecule has 0 bridgehead atoms. The van der Waals surface area contributed by atoms with E-state index in [-0.39, 0.29) is 0 Å². The predicted molar refractivity (Wildman–Crippen MR) is 59.7 cm³/mol. The minimum absolute atomic E-state index is 0.444. The Bertz CT molecular complexity index is 226. The maximum Gasteiger partial charge on any atom is 0.173 e. The molecule has 1 N–H and O–H groups in total. The van der Waals surface area contributed by atoms with Gasteiger partial charge >= 0.3 is 0 Å². The van der Waals surface area contributed by atoms with Gasteiger partial charge in [0.25, 0.3) is 0 Å². The van der Waals surface area contributed by atoms with Gasteiger partial charge in [0, 0.05) is 6.04 Å². The van der Waals surface area contributed by atoms with Crippen LogP contribution in [0.3, 0.4) is 0 Å². The Kier molecular flexibility index (Phi) is 7.35. The molecule has 0 saturated heterocycles. The molecular formula is C10H15NOS. The Hall–Kier alpha value is -0.800. The molecule has 1 rings (SSSR count). The summed E-state index contributed by atoms with van der Waals surface area (Å²) in [6.07, 6.45) is 0. The minimum atomic E-state index is 0.444. The molecule has 1 atom stereocenters. The van der Waals surface area contributed by atoms with E-state index in [4.69, 9.17) is 4.79 Å². The summed E-state index contributed by atoms with van der Waals surface area (Å²) in [5.41, 5.74) is 1.78. The van der Waals surface area contributed by atoms with Crippen molar-refractivity contribution in [2.24, 2.45) is 0 Å². The first-order valence-corrected chi connectivity index (χ1v) is 4.58. The van der Waals surface area contributed by atoms with Crippen LogP contribution < -0.4 is 5.32 Å². The normalized spacial score (nSPS) is 11.0. The van der Waals surface area contributed by atoms with E-state index in [1.807, 2.05) is 13.1 Å². The summed E-state index contributed by atoms with van der Waals surface area (Å²) in [7, 11) is 1.97. The third-order valence-corrected chi connectivity index (χ3v) is 1.73. The average Bonchev–Trinajstić information content (AvgIpc) is 2.19. The summed E-state index contributed by atoms with van der Waals surface area (Å²) < 4.78 is 0. The Labute approximate surface area is 84.8 Å². The van der Waals surface area contributed by atoms with Crippen molar-refractivity contribution in [1.29, 1.82) is 0 Å². The molecule has 0 radical (unpaired) electrons. The van der Waals surface area contributed by atoms with Gasteiger partial charge in [0.15, 0.2) is 5.62 Å². The van der Waals surface area contributed by atoms with Crippen LogP contribution in [0.1, 0.15) is 18.5 Å². The molecule has 0 amide bonds. The number of carbonyl (C=O) groups is 1. The van der Waals surface area contributed by atoms with Crippen LogP contribution in [0.25, 0.3) is 0 Å². The Balaban J connectivity index is 0.000000424. The van der Waals surface area contributed by atoms with E-state index in [0.29, 0.717) is 11.7 Å². The lowest BCUT2D eigenvalue weighted by atomic mass is 10.1. The van der Waals surface area contributed by atoms with Crippen LogP contribution in [0.2, 0.25) is 0 Å². The number of carbonyl (C=O) groups excluding carboxylic acids is 1. The van der Waals surface area contributed by atoms with Crippen molar-refractivity contribution in [3.05, 3.63) is 35.9 Å². The molecule has 1 unspecified atom stereocenters. The molecule has 72 valence electrons. The molecule has 0 aliphatic carbocycles. The fraction of sp³-hybridized carbons (Fsp3) is 0.300. The minimum Gasteiger partial charge on any atom is -0.313 e. The summed E-state index contributed by atoms with van der Waals surface area (Å²) >= 11 is 3.11. The molecule has 0 spiro atoms. The maximum absolute atomic E-state index is 8.67. The number of benzene rings is 1. The molecule has 0 saturated carbocycles. The number of nitrogens with one attached hydrogen (secondary N) is 1. The van der Waals surface area contributed by atoms with Crippen molar-refractivity contribution in [3.8, 4) is 0 Å². The average molecular weight is 197 g/mol. The smallest absolute Gasteiger partial charge is 0.173 e. The molecule has 0 fully saturated rings. The molecule has 0 heterocycles. The van der Waals surface area contributed by atoms with Crippen molar-refractivity contribution in [2.45, 2.75) is 13.0 Å². The van der Waals surface area contributed by atoms with Gasteiger partial charge in [-0.2, -0.15) is 0 Å². The first-order valence-electron chi connectivity index (χ1n) is 4.06. The van der Waals surface area contributed by atoms with Crippen LogP contribution in [0, 0.1) is 0 Å². The van der Waals surface area contributed by atoms with E-state index < -0.39 is 0 Å². The highest BCUT2D eigenvalue weighted by Crippen LogP contribution is 2.09. The third-order valence-electron chi connectivity index (χ3n) is 1.73. The number of hydrogen-bond acceptors (Lipinski definition) is 2. The van der Waals surface area contributed by atoms with E-state index in [2.05, 4.69) is 49.1 Å².